The molecule has 2 aromatic heterocycles. The second kappa shape index (κ2) is 11.0. The number of oxazole rings is 1. The minimum absolute atomic E-state index is 0.208. The first-order valence-corrected chi connectivity index (χ1v) is 12.3. The van der Waals surface area contributed by atoms with Gasteiger partial charge in [-0.2, -0.15) is 0 Å². The van der Waals surface area contributed by atoms with E-state index in [9.17, 15) is 9.18 Å². The van der Waals surface area contributed by atoms with Crippen LogP contribution >= 0.6 is 11.8 Å². The number of amides is 1. The van der Waals surface area contributed by atoms with Crippen molar-refractivity contribution < 1.29 is 13.6 Å². The van der Waals surface area contributed by atoms with E-state index in [0.29, 0.717) is 34.9 Å². The predicted molar refractivity (Wildman–Crippen MR) is 135 cm³/mol. The summed E-state index contributed by atoms with van der Waals surface area (Å²) >= 11 is 1.29. The Balaban J connectivity index is 1.29. The van der Waals surface area contributed by atoms with Crippen LogP contribution in [0.4, 0.5) is 4.39 Å². The number of aromatic nitrogens is 4. The highest BCUT2D eigenvalue weighted by molar-refractivity contribution is 7.98. The van der Waals surface area contributed by atoms with E-state index in [-0.39, 0.29) is 17.4 Å². The standard InChI is InChI=1S/C27H22FN5O2S/c28-21-13-7-8-14-23(21)33-25(20-11-5-2-6-12-20)31-32-27(33)36-18-24-30-22(17-35-24)26(34)29-16-15-19-9-3-1-4-10-19/h1-14,17H,15-16,18H2,(H,29,34). The maximum absolute atomic E-state index is 14.7. The smallest absolute Gasteiger partial charge is 0.273 e. The van der Waals surface area contributed by atoms with E-state index in [2.05, 4.69) is 20.5 Å². The number of rotatable bonds is 9. The maximum atomic E-state index is 14.7. The van der Waals surface area contributed by atoms with Gasteiger partial charge in [0.15, 0.2) is 16.7 Å². The number of halogens is 1. The molecule has 0 saturated carbocycles. The Bertz CT molecular complexity index is 1450. The monoisotopic (exact) mass is 499 g/mol. The third-order valence-corrected chi connectivity index (χ3v) is 6.32. The van der Waals surface area contributed by atoms with Crippen LogP contribution in [0.2, 0.25) is 0 Å². The lowest BCUT2D eigenvalue weighted by molar-refractivity contribution is 0.0949. The van der Waals surface area contributed by atoms with Gasteiger partial charge in [0.05, 0.1) is 11.4 Å². The molecule has 9 heteroatoms. The molecule has 0 saturated heterocycles. The van der Waals surface area contributed by atoms with Gasteiger partial charge in [0.1, 0.15) is 12.1 Å². The first kappa shape index (κ1) is 23.5. The highest BCUT2D eigenvalue weighted by Gasteiger charge is 2.20. The summed E-state index contributed by atoms with van der Waals surface area (Å²) < 4.78 is 21.9. The average Bonchev–Trinajstić information content (AvgIpc) is 3.56. The Morgan fingerprint density at radius 3 is 2.44 bits per heavy atom. The largest absolute Gasteiger partial charge is 0.447 e. The number of nitrogens with zero attached hydrogens (tertiary/aromatic N) is 4. The van der Waals surface area contributed by atoms with Crippen molar-refractivity contribution >= 4 is 17.7 Å². The molecular weight excluding hydrogens is 477 g/mol. The van der Waals surface area contributed by atoms with Gasteiger partial charge in [-0.15, -0.1) is 10.2 Å². The summed E-state index contributed by atoms with van der Waals surface area (Å²) in [6.07, 6.45) is 2.06. The van der Waals surface area contributed by atoms with Gasteiger partial charge < -0.3 is 9.73 Å². The number of para-hydroxylation sites is 1. The molecule has 0 bridgehead atoms. The molecule has 0 aliphatic heterocycles. The van der Waals surface area contributed by atoms with Crippen molar-refractivity contribution in [2.75, 3.05) is 6.54 Å². The van der Waals surface area contributed by atoms with E-state index in [0.717, 1.165) is 17.5 Å². The quantitative estimate of drug-likeness (QED) is 0.276. The zero-order chi connectivity index (χ0) is 24.7. The molecule has 2 heterocycles. The summed E-state index contributed by atoms with van der Waals surface area (Å²) in [5, 5.41) is 11.9. The molecule has 0 aliphatic carbocycles. The first-order valence-electron chi connectivity index (χ1n) is 11.3. The zero-order valence-corrected chi connectivity index (χ0v) is 20.0. The van der Waals surface area contributed by atoms with E-state index in [1.807, 2.05) is 60.7 Å². The number of carbonyl (C=O) groups excluding carboxylic acids is 1. The third kappa shape index (κ3) is 5.36. The van der Waals surface area contributed by atoms with Gasteiger partial charge in [0, 0.05) is 12.1 Å². The fourth-order valence-corrected chi connectivity index (χ4v) is 4.45. The normalized spacial score (nSPS) is 10.9. The second-order valence-corrected chi connectivity index (χ2v) is 8.81. The topological polar surface area (TPSA) is 85.8 Å². The van der Waals surface area contributed by atoms with E-state index in [4.69, 9.17) is 4.42 Å². The van der Waals surface area contributed by atoms with Crippen LogP contribution in [0, 0.1) is 5.82 Å². The molecule has 0 fully saturated rings. The number of thioether (sulfide) groups is 1. The number of hydrogen-bond donors (Lipinski definition) is 1. The number of hydrogen-bond acceptors (Lipinski definition) is 6. The lowest BCUT2D eigenvalue weighted by Crippen LogP contribution is -2.26. The van der Waals surface area contributed by atoms with Gasteiger partial charge in [-0.1, -0.05) is 84.6 Å². The van der Waals surface area contributed by atoms with Gasteiger partial charge in [-0.05, 0) is 24.1 Å². The summed E-state index contributed by atoms with van der Waals surface area (Å²) in [6, 6.07) is 25.9. The molecule has 36 heavy (non-hydrogen) atoms. The lowest BCUT2D eigenvalue weighted by Gasteiger charge is -2.10. The predicted octanol–water partition coefficient (Wildman–Crippen LogP) is 5.33. The molecule has 180 valence electrons. The molecule has 0 radical (unpaired) electrons. The summed E-state index contributed by atoms with van der Waals surface area (Å²) in [5.41, 5.74) is 2.50. The van der Waals surface area contributed by atoms with Crippen LogP contribution in [0.1, 0.15) is 21.9 Å². The number of carbonyl (C=O) groups is 1. The van der Waals surface area contributed by atoms with E-state index in [1.165, 1.54) is 24.1 Å². The van der Waals surface area contributed by atoms with Crippen molar-refractivity contribution in [3.63, 3.8) is 0 Å². The fraction of sp³-hybridized carbons (Fsp3) is 0.111. The molecule has 5 aromatic rings. The molecular formula is C27H22FN5O2S. The molecule has 0 aliphatic rings. The Labute approximate surface area is 211 Å². The second-order valence-electron chi connectivity index (χ2n) is 7.87. The van der Waals surface area contributed by atoms with Crippen molar-refractivity contribution in [2.45, 2.75) is 17.3 Å². The highest BCUT2D eigenvalue weighted by Crippen LogP contribution is 2.30. The van der Waals surface area contributed by atoms with E-state index in [1.54, 1.807) is 22.8 Å². The van der Waals surface area contributed by atoms with Gasteiger partial charge in [0.25, 0.3) is 5.91 Å². The van der Waals surface area contributed by atoms with Crippen molar-refractivity contribution in [1.29, 1.82) is 0 Å². The molecule has 3 aromatic carbocycles. The van der Waals surface area contributed by atoms with Crippen LogP contribution in [0.3, 0.4) is 0 Å². The van der Waals surface area contributed by atoms with Crippen LogP contribution in [-0.4, -0.2) is 32.2 Å². The lowest BCUT2D eigenvalue weighted by atomic mass is 10.1. The van der Waals surface area contributed by atoms with Crippen LogP contribution in [0.15, 0.2) is 101 Å². The van der Waals surface area contributed by atoms with E-state index < -0.39 is 0 Å². The average molecular weight is 500 g/mol. The molecule has 7 nitrogen and oxygen atoms in total. The van der Waals surface area contributed by atoms with Gasteiger partial charge >= 0.3 is 0 Å². The Hall–Kier alpha value is -4.24. The molecule has 0 atom stereocenters. The van der Waals surface area contributed by atoms with Gasteiger partial charge in [0.2, 0.25) is 5.89 Å². The maximum Gasteiger partial charge on any atom is 0.273 e. The van der Waals surface area contributed by atoms with Gasteiger partial charge in [-0.3, -0.25) is 9.36 Å². The first-order chi connectivity index (χ1) is 17.7. The van der Waals surface area contributed by atoms with Crippen LogP contribution in [0.25, 0.3) is 17.1 Å². The van der Waals surface area contributed by atoms with Gasteiger partial charge in [-0.25, -0.2) is 9.37 Å². The van der Waals surface area contributed by atoms with Crippen molar-refractivity contribution in [2.24, 2.45) is 0 Å². The van der Waals surface area contributed by atoms with Crippen LogP contribution in [-0.2, 0) is 12.2 Å². The third-order valence-electron chi connectivity index (χ3n) is 5.41. The highest BCUT2D eigenvalue weighted by atomic mass is 32.2. The van der Waals surface area contributed by atoms with E-state index >= 15 is 0 Å². The molecule has 5 rings (SSSR count). The van der Waals surface area contributed by atoms with Crippen molar-refractivity contribution in [3.8, 4) is 17.1 Å². The van der Waals surface area contributed by atoms with Crippen LogP contribution < -0.4 is 5.32 Å². The number of benzene rings is 3. The summed E-state index contributed by atoms with van der Waals surface area (Å²) in [7, 11) is 0. The van der Waals surface area contributed by atoms with Crippen LogP contribution in [0.5, 0.6) is 0 Å². The molecule has 1 amide bonds. The summed E-state index contributed by atoms with van der Waals surface area (Å²) in [4.78, 5) is 16.8. The summed E-state index contributed by atoms with van der Waals surface area (Å²) in [6.45, 7) is 0.494. The van der Waals surface area contributed by atoms with Crippen molar-refractivity contribution in [1.82, 2.24) is 25.1 Å². The minimum atomic E-state index is -0.387. The minimum Gasteiger partial charge on any atom is -0.447 e. The molecule has 1 N–H and O–H groups in total. The fourth-order valence-electron chi connectivity index (χ4n) is 3.65. The Kier molecular flexibility index (Phi) is 7.18. The molecule has 0 spiro atoms. The molecule has 0 unspecified atom stereocenters. The van der Waals surface area contributed by atoms with Crippen molar-refractivity contribution in [3.05, 3.63) is 114 Å². The Morgan fingerprint density at radius 1 is 0.944 bits per heavy atom. The number of nitrogens with one attached hydrogen (secondary N) is 1. The SMILES string of the molecule is O=C(NCCc1ccccc1)c1coc(CSc2nnc(-c3ccccc3)n2-c2ccccc2F)n1. The summed E-state index contributed by atoms with van der Waals surface area (Å²) in [5.74, 6) is 0.485. The zero-order valence-electron chi connectivity index (χ0n) is 19.2. The Morgan fingerprint density at radius 2 is 1.67 bits per heavy atom.